The van der Waals surface area contributed by atoms with Gasteiger partial charge in [0.05, 0.1) is 11.4 Å². The van der Waals surface area contributed by atoms with Gasteiger partial charge in [-0.3, -0.25) is 9.59 Å². The van der Waals surface area contributed by atoms with Gasteiger partial charge in [0.1, 0.15) is 15.5 Å². The molecule has 1 aliphatic carbocycles. The molecule has 2 aromatic heterocycles. The van der Waals surface area contributed by atoms with Crippen molar-refractivity contribution in [1.82, 2.24) is 25.5 Å². The molecular weight excluding hydrogens is 534 g/mol. The van der Waals surface area contributed by atoms with Gasteiger partial charge in [-0.25, -0.2) is 13.4 Å². The maximum Gasteiger partial charge on any atom is 0.280 e. The van der Waals surface area contributed by atoms with Crippen LogP contribution in [0.5, 0.6) is 0 Å². The molecule has 3 heterocycles. The van der Waals surface area contributed by atoms with E-state index in [0.29, 0.717) is 35.0 Å². The topological polar surface area (TPSA) is 124 Å². The van der Waals surface area contributed by atoms with Crippen LogP contribution in [0.3, 0.4) is 0 Å². The Morgan fingerprint density at radius 3 is 2.76 bits per heavy atom. The highest BCUT2D eigenvalue weighted by Gasteiger charge is 2.35. The number of nitrogens with one attached hydrogen (secondary N) is 3. The minimum atomic E-state index is -3.17. The van der Waals surface area contributed by atoms with Crippen LogP contribution in [0.25, 0.3) is 10.9 Å². The first-order valence-electron chi connectivity index (χ1n) is 12.3. The van der Waals surface area contributed by atoms with E-state index >= 15 is 0 Å². The first-order chi connectivity index (χ1) is 17.5. The van der Waals surface area contributed by atoms with Crippen LogP contribution in [0.2, 0.25) is 5.02 Å². The summed E-state index contributed by atoms with van der Waals surface area (Å²) in [7, 11) is -1.12. The van der Waals surface area contributed by atoms with Crippen molar-refractivity contribution in [2.45, 2.75) is 44.3 Å². The molecule has 5 rings (SSSR count). The SMILES string of the molecule is CN1CCc2nc(C(=O)NC3CCC(CS(C)(=O)=O)CC3NC(=O)c3cc4cc(Cl)ccc4[nH]3)sc2C1. The number of carbonyl (C=O) groups excluding carboxylic acids is 2. The highest BCUT2D eigenvalue weighted by atomic mass is 35.5. The van der Waals surface area contributed by atoms with E-state index in [1.807, 2.05) is 13.1 Å². The zero-order valence-electron chi connectivity index (χ0n) is 20.7. The van der Waals surface area contributed by atoms with Crippen LogP contribution >= 0.6 is 22.9 Å². The van der Waals surface area contributed by atoms with Gasteiger partial charge < -0.3 is 20.5 Å². The molecule has 0 radical (unpaired) electrons. The summed E-state index contributed by atoms with van der Waals surface area (Å²) in [4.78, 5) is 37.4. The zero-order valence-corrected chi connectivity index (χ0v) is 23.1. The largest absolute Gasteiger partial charge is 0.351 e. The maximum atomic E-state index is 13.2. The lowest BCUT2D eigenvalue weighted by molar-refractivity contribution is 0.0846. The van der Waals surface area contributed by atoms with Crippen molar-refractivity contribution >= 4 is 55.5 Å². The Balaban J connectivity index is 1.33. The number of halogens is 1. The lowest BCUT2D eigenvalue weighted by Gasteiger charge is -2.36. The number of carbonyl (C=O) groups is 2. The smallest absolute Gasteiger partial charge is 0.280 e. The molecule has 2 amide bonds. The molecule has 1 saturated carbocycles. The van der Waals surface area contributed by atoms with E-state index in [0.717, 1.165) is 41.0 Å². The highest BCUT2D eigenvalue weighted by Crippen LogP contribution is 2.29. The molecule has 1 fully saturated rings. The van der Waals surface area contributed by atoms with Gasteiger partial charge in [0, 0.05) is 58.7 Å². The molecule has 0 bridgehead atoms. The molecule has 0 spiro atoms. The van der Waals surface area contributed by atoms with Gasteiger partial charge in [0.2, 0.25) is 0 Å². The van der Waals surface area contributed by atoms with Crippen molar-refractivity contribution in [2.75, 3.05) is 25.6 Å². The monoisotopic (exact) mass is 563 g/mol. The molecule has 37 heavy (non-hydrogen) atoms. The number of H-pyrrole nitrogens is 1. The third-order valence-corrected chi connectivity index (χ3v) is 9.47. The number of aromatic nitrogens is 2. The number of sulfone groups is 1. The molecule has 9 nitrogen and oxygen atoms in total. The van der Waals surface area contributed by atoms with Gasteiger partial charge in [0.25, 0.3) is 11.8 Å². The number of hydrogen-bond acceptors (Lipinski definition) is 7. The van der Waals surface area contributed by atoms with Crippen LogP contribution in [-0.4, -0.2) is 72.8 Å². The molecule has 3 unspecified atom stereocenters. The van der Waals surface area contributed by atoms with Crippen molar-refractivity contribution in [2.24, 2.45) is 5.92 Å². The van der Waals surface area contributed by atoms with Crippen LogP contribution in [0.1, 0.15) is 50.1 Å². The van der Waals surface area contributed by atoms with Crippen LogP contribution < -0.4 is 10.6 Å². The van der Waals surface area contributed by atoms with Gasteiger partial charge in [-0.1, -0.05) is 11.6 Å². The number of nitrogens with zero attached hydrogens (tertiary/aromatic N) is 2. The molecular formula is C25H30ClN5O4S2. The summed E-state index contributed by atoms with van der Waals surface area (Å²) in [6.45, 7) is 1.70. The number of benzene rings is 1. The fourth-order valence-corrected chi connectivity index (χ4v) is 7.72. The molecule has 12 heteroatoms. The summed E-state index contributed by atoms with van der Waals surface area (Å²) in [5, 5.41) is 7.96. The number of thiazole rings is 1. The third-order valence-electron chi connectivity index (χ3n) is 7.07. The average Bonchev–Trinajstić information content (AvgIpc) is 3.43. The summed E-state index contributed by atoms with van der Waals surface area (Å²) in [5.74, 6) is -0.618. The van der Waals surface area contributed by atoms with E-state index in [9.17, 15) is 18.0 Å². The van der Waals surface area contributed by atoms with E-state index in [1.165, 1.54) is 17.6 Å². The highest BCUT2D eigenvalue weighted by molar-refractivity contribution is 7.90. The predicted molar refractivity (Wildman–Crippen MR) is 145 cm³/mol. The molecule has 1 aliphatic heterocycles. The lowest BCUT2D eigenvalue weighted by atomic mass is 9.83. The molecule has 2 aliphatic rings. The first kappa shape index (κ1) is 26.1. The standard InChI is InChI=1S/C25H30ClN5O4S2/c1-31-8-7-19-22(12-31)36-25(30-19)24(33)28-18-5-3-14(13-37(2,34)35)9-20(18)29-23(32)21-11-15-10-16(26)4-6-17(15)27-21/h4,6,10-11,14,18,20,27H,3,5,7-9,12-13H2,1-2H3,(H,28,33)(H,29,32). The molecule has 1 aromatic carbocycles. The molecule has 3 aromatic rings. The summed E-state index contributed by atoms with van der Waals surface area (Å²) in [6, 6.07) is 6.31. The number of rotatable bonds is 6. The third kappa shape index (κ3) is 6.17. The predicted octanol–water partition coefficient (Wildman–Crippen LogP) is 3.01. The van der Waals surface area contributed by atoms with Crippen molar-refractivity contribution in [3.63, 3.8) is 0 Å². The van der Waals surface area contributed by atoms with Crippen LogP contribution in [0, 0.1) is 5.92 Å². The van der Waals surface area contributed by atoms with Crippen molar-refractivity contribution < 1.29 is 18.0 Å². The first-order valence-corrected chi connectivity index (χ1v) is 15.5. The van der Waals surface area contributed by atoms with E-state index in [1.54, 1.807) is 18.2 Å². The van der Waals surface area contributed by atoms with E-state index < -0.39 is 15.9 Å². The van der Waals surface area contributed by atoms with Crippen molar-refractivity contribution in [3.8, 4) is 0 Å². The second kappa shape index (κ2) is 10.4. The second-order valence-corrected chi connectivity index (χ2v) is 13.9. The van der Waals surface area contributed by atoms with Gasteiger partial charge in [-0.2, -0.15) is 0 Å². The summed E-state index contributed by atoms with van der Waals surface area (Å²) in [5.41, 5.74) is 2.15. The van der Waals surface area contributed by atoms with Gasteiger partial charge in [-0.05, 0) is 56.5 Å². The number of aromatic amines is 1. The fraction of sp³-hybridized carbons (Fsp3) is 0.480. The van der Waals surface area contributed by atoms with E-state index in [2.05, 4.69) is 25.5 Å². The fourth-order valence-electron chi connectivity index (χ4n) is 5.29. The lowest BCUT2D eigenvalue weighted by Crippen LogP contribution is -2.55. The maximum absolute atomic E-state index is 13.2. The minimum Gasteiger partial charge on any atom is -0.351 e. The summed E-state index contributed by atoms with van der Waals surface area (Å²) >= 11 is 7.49. The number of fused-ring (bicyclic) bond motifs is 2. The van der Waals surface area contributed by atoms with Crippen LogP contribution in [-0.2, 0) is 22.8 Å². The number of amides is 2. The Bertz CT molecular complexity index is 1450. The molecule has 0 saturated heterocycles. The normalized spacial score (nSPS) is 22.5. The number of hydrogen-bond donors (Lipinski definition) is 3. The second-order valence-electron chi connectivity index (χ2n) is 10.2. The Morgan fingerprint density at radius 2 is 1.97 bits per heavy atom. The Kier molecular flexibility index (Phi) is 7.32. The summed E-state index contributed by atoms with van der Waals surface area (Å²) < 4.78 is 23.9. The van der Waals surface area contributed by atoms with E-state index in [4.69, 9.17) is 11.6 Å². The molecule has 198 valence electrons. The van der Waals surface area contributed by atoms with Gasteiger partial charge in [-0.15, -0.1) is 11.3 Å². The van der Waals surface area contributed by atoms with Gasteiger partial charge >= 0.3 is 0 Å². The Hall–Kier alpha value is -2.47. The molecule has 3 N–H and O–H groups in total. The Labute approximate surface area is 224 Å². The number of likely N-dealkylation sites (N-methyl/N-ethyl adjacent to an activating group) is 1. The molecule has 3 atom stereocenters. The van der Waals surface area contributed by atoms with Crippen LogP contribution in [0.15, 0.2) is 24.3 Å². The quantitative estimate of drug-likeness (QED) is 0.423. The van der Waals surface area contributed by atoms with Crippen molar-refractivity contribution in [3.05, 3.63) is 50.6 Å². The van der Waals surface area contributed by atoms with Crippen molar-refractivity contribution in [1.29, 1.82) is 0 Å². The summed E-state index contributed by atoms with van der Waals surface area (Å²) in [6.07, 6.45) is 3.71. The Morgan fingerprint density at radius 1 is 1.19 bits per heavy atom. The average molecular weight is 564 g/mol. The minimum absolute atomic E-state index is 0.0532. The van der Waals surface area contributed by atoms with E-state index in [-0.39, 0.29) is 29.5 Å². The van der Waals surface area contributed by atoms with Gasteiger partial charge in [0.15, 0.2) is 5.01 Å². The van der Waals surface area contributed by atoms with Crippen LogP contribution in [0.4, 0.5) is 0 Å². The zero-order chi connectivity index (χ0) is 26.3.